The Balaban J connectivity index is 1.46. The third-order valence-corrected chi connectivity index (χ3v) is 10.5. The van der Waals surface area contributed by atoms with Crippen molar-refractivity contribution in [2.45, 2.75) is 55.0 Å². The van der Waals surface area contributed by atoms with Gasteiger partial charge in [-0.3, -0.25) is 4.90 Å². The average Bonchev–Trinajstić information content (AvgIpc) is 3.07. The van der Waals surface area contributed by atoms with Gasteiger partial charge in [-0.05, 0) is 12.5 Å². The highest BCUT2D eigenvalue weighted by molar-refractivity contribution is 7.96. The Labute approximate surface area is 242 Å². The number of hydrogen-bond acceptors (Lipinski definition) is 10. The lowest BCUT2D eigenvalue weighted by Gasteiger charge is -2.45. The number of aliphatic hydroxyl groups is 2. The molecule has 4 heterocycles. The topological polar surface area (TPSA) is 119 Å². The van der Waals surface area contributed by atoms with Crippen molar-refractivity contribution >= 4 is 33.1 Å². The molecule has 4 aliphatic rings. The number of alkyl halides is 6. The Hall–Kier alpha value is -2.22. The molecule has 5 rings (SSSR count). The number of nitrogens with zero attached hydrogens (tertiary/aromatic N) is 5. The largest absolute Gasteiger partial charge is 0.430 e. The lowest BCUT2D eigenvalue weighted by atomic mass is 9.95. The minimum atomic E-state index is -6.10. The van der Waals surface area contributed by atoms with Crippen LogP contribution in [0.1, 0.15) is 18.4 Å². The van der Waals surface area contributed by atoms with Gasteiger partial charge in [0.05, 0.1) is 36.3 Å². The fourth-order valence-electron chi connectivity index (χ4n) is 5.79. The van der Waals surface area contributed by atoms with Crippen molar-refractivity contribution in [2.24, 2.45) is 0 Å². The summed E-state index contributed by atoms with van der Waals surface area (Å²) in [5.41, 5.74) is -6.79. The zero-order valence-electron chi connectivity index (χ0n) is 21.8. The summed E-state index contributed by atoms with van der Waals surface area (Å²) in [4.78, 5) is 11.2. The molecular formula is C24H27F6N5O5S2. The molecule has 10 nitrogen and oxygen atoms in total. The van der Waals surface area contributed by atoms with E-state index in [2.05, 4.69) is 9.97 Å². The van der Waals surface area contributed by atoms with Crippen molar-refractivity contribution < 1.29 is 49.7 Å². The first-order chi connectivity index (χ1) is 19.6. The van der Waals surface area contributed by atoms with E-state index in [-0.39, 0.29) is 79.4 Å². The second-order valence-corrected chi connectivity index (χ2v) is 12.9. The molecule has 0 saturated carbocycles. The SMILES string of the molecule is O=S(=O)(C1=CC=CCC1=S)N1CCN(c2ncc(C(O)(C(F)(F)F)C(F)(F)F)cn2)[C@@H](CN2[C@@H]3COC[C@H]2[C@@H](O)C3)C1. The molecule has 18 heteroatoms. The number of hydrogen-bond donors (Lipinski definition) is 2. The van der Waals surface area contributed by atoms with E-state index in [0.717, 1.165) is 0 Å². The van der Waals surface area contributed by atoms with Gasteiger partial charge in [0.25, 0.3) is 5.60 Å². The quantitative estimate of drug-likeness (QED) is 0.350. The smallest absolute Gasteiger partial charge is 0.391 e. The second-order valence-electron chi connectivity index (χ2n) is 10.5. The lowest BCUT2D eigenvalue weighted by molar-refractivity contribution is -0.376. The normalized spacial score (nSPS) is 28.3. The van der Waals surface area contributed by atoms with Gasteiger partial charge in [0.1, 0.15) is 0 Å². The zero-order chi connectivity index (χ0) is 30.7. The number of ether oxygens (including phenoxy) is 1. The summed E-state index contributed by atoms with van der Waals surface area (Å²) in [7, 11) is -4.04. The minimum Gasteiger partial charge on any atom is -0.391 e. The number of thiocarbonyl (C=S) groups is 1. The van der Waals surface area contributed by atoms with Crippen LogP contribution < -0.4 is 4.90 Å². The molecule has 232 valence electrons. The van der Waals surface area contributed by atoms with Crippen LogP contribution in [0.25, 0.3) is 0 Å². The molecule has 0 spiro atoms. The van der Waals surface area contributed by atoms with Crippen molar-refractivity contribution in [1.82, 2.24) is 19.2 Å². The van der Waals surface area contributed by atoms with E-state index in [1.54, 1.807) is 12.2 Å². The summed E-state index contributed by atoms with van der Waals surface area (Å²) in [5, 5.41) is 20.2. The van der Waals surface area contributed by atoms with Crippen LogP contribution in [0, 0.1) is 0 Å². The van der Waals surface area contributed by atoms with Crippen LogP contribution in [0.4, 0.5) is 32.3 Å². The number of piperazine rings is 1. The van der Waals surface area contributed by atoms with E-state index in [1.165, 1.54) is 15.3 Å². The average molecular weight is 644 g/mol. The molecular weight excluding hydrogens is 616 g/mol. The number of halogens is 6. The fraction of sp³-hybridized carbons (Fsp3) is 0.625. The number of sulfonamides is 1. The molecule has 0 aromatic carbocycles. The maximum absolute atomic E-state index is 13.5. The summed E-state index contributed by atoms with van der Waals surface area (Å²) in [6.07, 6.45) is -6.94. The Bertz CT molecular complexity index is 1360. The van der Waals surface area contributed by atoms with E-state index in [0.29, 0.717) is 13.0 Å². The fourth-order valence-corrected chi connectivity index (χ4v) is 7.86. The molecule has 1 aromatic rings. The number of anilines is 1. The van der Waals surface area contributed by atoms with E-state index in [4.69, 9.17) is 17.0 Å². The van der Waals surface area contributed by atoms with Crippen molar-refractivity contribution in [3.63, 3.8) is 0 Å². The van der Waals surface area contributed by atoms with Gasteiger partial charge in [0, 0.05) is 61.5 Å². The van der Waals surface area contributed by atoms with Gasteiger partial charge >= 0.3 is 12.4 Å². The van der Waals surface area contributed by atoms with Gasteiger partial charge in [0.15, 0.2) is 0 Å². The van der Waals surface area contributed by atoms with Crippen LogP contribution in [0.3, 0.4) is 0 Å². The highest BCUT2D eigenvalue weighted by Gasteiger charge is 2.71. The van der Waals surface area contributed by atoms with Crippen LogP contribution in [0.2, 0.25) is 0 Å². The molecule has 3 saturated heterocycles. The number of aromatic nitrogens is 2. The van der Waals surface area contributed by atoms with Crippen LogP contribution in [0.15, 0.2) is 35.5 Å². The third kappa shape index (κ3) is 5.35. The molecule has 42 heavy (non-hydrogen) atoms. The monoisotopic (exact) mass is 643 g/mol. The number of morpholine rings is 1. The van der Waals surface area contributed by atoms with Crippen LogP contribution in [0.5, 0.6) is 0 Å². The molecule has 3 aliphatic heterocycles. The zero-order valence-corrected chi connectivity index (χ0v) is 23.4. The standard InChI is InChI=1S/C24H27F6N5O5S2/c25-23(26,27)22(37,24(28,29)30)14-8-31-21(32-9-14)34-6-5-33(42(38,39)20-4-2-1-3-19(20)41)10-16(34)11-35-15-7-18(36)17(35)13-40-12-15/h1-2,4,8-9,15-18,36-37H,3,5-7,10-13H2/t15-,16+,17-,18-/m0/s1. The molecule has 0 radical (unpaired) electrons. The molecule has 1 aromatic heterocycles. The van der Waals surface area contributed by atoms with Crippen LogP contribution in [-0.2, 0) is 20.4 Å². The molecule has 3 fully saturated rings. The second kappa shape index (κ2) is 11.0. The van der Waals surface area contributed by atoms with E-state index >= 15 is 0 Å². The van der Waals surface area contributed by atoms with E-state index in [1.807, 2.05) is 4.90 Å². The minimum absolute atomic E-state index is 0.0201. The van der Waals surface area contributed by atoms with Gasteiger partial charge < -0.3 is 19.8 Å². The van der Waals surface area contributed by atoms with Gasteiger partial charge in [0.2, 0.25) is 16.0 Å². The molecule has 0 amide bonds. The number of aliphatic hydroxyl groups excluding tert-OH is 1. The highest BCUT2D eigenvalue weighted by atomic mass is 32.2. The number of rotatable bonds is 6. The van der Waals surface area contributed by atoms with Crippen LogP contribution >= 0.6 is 12.2 Å². The van der Waals surface area contributed by atoms with Gasteiger partial charge in [-0.2, -0.15) is 30.6 Å². The summed E-state index contributed by atoms with van der Waals surface area (Å²) in [6, 6.07) is -1.28. The summed E-state index contributed by atoms with van der Waals surface area (Å²) >= 11 is 5.26. The van der Waals surface area contributed by atoms with E-state index in [9.17, 15) is 45.0 Å². The highest BCUT2D eigenvalue weighted by Crippen LogP contribution is 2.49. The Morgan fingerprint density at radius 3 is 2.33 bits per heavy atom. The predicted molar refractivity (Wildman–Crippen MR) is 140 cm³/mol. The summed E-state index contributed by atoms with van der Waals surface area (Å²) in [6.45, 7) is 0.461. The Kier molecular flexibility index (Phi) is 8.21. The van der Waals surface area contributed by atoms with Gasteiger partial charge in [-0.25, -0.2) is 18.4 Å². The first-order valence-electron chi connectivity index (χ1n) is 12.9. The lowest BCUT2D eigenvalue weighted by Crippen LogP contribution is -2.61. The Morgan fingerprint density at radius 1 is 1.07 bits per heavy atom. The molecule has 4 atom stereocenters. The number of allylic oxidation sites excluding steroid dienone is 4. The molecule has 0 unspecified atom stereocenters. The Morgan fingerprint density at radius 2 is 1.74 bits per heavy atom. The first kappa shape index (κ1) is 31.2. The third-order valence-electron chi connectivity index (χ3n) is 8.03. The van der Waals surface area contributed by atoms with Gasteiger partial charge in [-0.15, -0.1) is 0 Å². The predicted octanol–water partition coefficient (Wildman–Crippen LogP) is 1.66. The molecule has 1 aliphatic carbocycles. The first-order valence-corrected chi connectivity index (χ1v) is 14.8. The van der Waals surface area contributed by atoms with Crippen molar-refractivity contribution in [2.75, 3.05) is 44.3 Å². The summed E-state index contributed by atoms with van der Waals surface area (Å²) < 4.78 is 114. The molecule has 2 bridgehead atoms. The number of fused-ring (bicyclic) bond motifs is 2. The van der Waals surface area contributed by atoms with Crippen molar-refractivity contribution in [1.29, 1.82) is 0 Å². The van der Waals surface area contributed by atoms with Gasteiger partial charge in [-0.1, -0.05) is 24.4 Å². The van der Waals surface area contributed by atoms with Crippen molar-refractivity contribution in [3.8, 4) is 0 Å². The molecule has 2 N–H and O–H groups in total. The van der Waals surface area contributed by atoms with E-state index < -0.39 is 45.7 Å². The van der Waals surface area contributed by atoms with Crippen molar-refractivity contribution in [3.05, 3.63) is 41.1 Å². The maximum atomic E-state index is 13.5. The van der Waals surface area contributed by atoms with Crippen LogP contribution in [-0.4, -0.2) is 119 Å². The maximum Gasteiger partial charge on any atom is 0.430 e. The summed E-state index contributed by atoms with van der Waals surface area (Å²) in [5.74, 6) is -0.246.